The molecule has 0 aliphatic carbocycles. The van der Waals surface area contributed by atoms with Gasteiger partial charge in [0.05, 0.1) is 18.0 Å². The number of methoxy groups -OCH3 is 1. The van der Waals surface area contributed by atoms with Crippen LogP contribution in [0.5, 0.6) is 5.75 Å². The summed E-state index contributed by atoms with van der Waals surface area (Å²) in [4.78, 5) is 27.6. The lowest BCUT2D eigenvalue weighted by atomic mass is 10.3. The first-order valence-corrected chi connectivity index (χ1v) is 8.99. The van der Waals surface area contributed by atoms with E-state index in [9.17, 15) is 18.0 Å². The Bertz CT molecular complexity index is 869. The van der Waals surface area contributed by atoms with Crippen molar-refractivity contribution < 1.29 is 22.7 Å². The van der Waals surface area contributed by atoms with Gasteiger partial charge < -0.3 is 4.74 Å². The van der Waals surface area contributed by atoms with Crippen LogP contribution < -0.4 is 20.3 Å². The van der Waals surface area contributed by atoms with Gasteiger partial charge in [-0.25, -0.2) is 8.42 Å². The number of amides is 2. The molecular formula is C16H18N4O5S. The third kappa shape index (κ3) is 5.01. The minimum atomic E-state index is -3.91. The normalized spacial score (nSPS) is 12.1. The van der Waals surface area contributed by atoms with Crippen molar-refractivity contribution in [3.63, 3.8) is 0 Å². The van der Waals surface area contributed by atoms with Gasteiger partial charge >= 0.3 is 0 Å². The molecule has 0 radical (unpaired) electrons. The Hall–Kier alpha value is -2.98. The maximum absolute atomic E-state index is 12.3. The third-order valence-electron chi connectivity index (χ3n) is 3.29. The van der Waals surface area contributed by atoms with Crippen LogP contribution in [0.2, 0.25) is 0 Å². The van der Waals surface area contributed by atoms with Gasteiger partial charge in [0, 0.05) is 6.20 Å². The lowest BCUT2D eigenvalue weighted by molar-refractivity contribution is -0.123. The van der Waals surface area contributed by atoms with E-state index in [-0.39, 0.29) is 10.6 Å². The maximum atomic E-state index is 12.3. The van der Waals surface area contributed by atoms with Gasteiger partial charge in [-0.3, -0.25) is 25.4 Å². The molecule has 10 heteroatoms. The molecule has 3 N–H and O–H groups in total. The van der Waals surface area contributed by atoms with Crippen molar-refractivity contribution in [3.05, 3.63) is 54.4 Å². The van der Waals surface area contributed by atoms with Crippen molar-refractivity contribution in [2.24, 2.45) is 0 Å². The summed E-state index contributed by atoms with van der Waals surface area (Å²) in [7, 11) is -2.45. The highest BCUT2D eigenvalue weighted by Crippen LogP contribution is 2.15. The highest BCUT2D eigenvalue weighted by molar-refractivity contribution is 7.89. The van der Waals surface area contributed by atoms with Crippen molar-refractivity contribution in [1.29, 1.82) is 0 Å². The third-order valence-corrected chi connectivity index (χ3v) is 4.85. The van der Waals surface area contributed by atoms with Gasteiger partial charge in [0.15, 0.2) is 0 Å². The van der Waals surface area contributed by atoms with E-state index in [1.807, 2.05) is 0 Å². The molecule has 1 atom stereocenters. The molecule has 1 aromatic carbocycles. The standard InChI is InChI=1S/C16H18N4O5S/c1-11(15(21)18-19-16(22)14-5-3-4-10-17-14)20-26(23,24)13-8-6-12(25-2)7-9-13/h3-11,20H,1-2H3,(H,18,21)(H,19,22)/t11-/m0/s1. The number of carbonyl (C=O) groups excluding carboxylic acids is 2. The van der Waals surface area contributed by atoms with Crippen LogP contribution in [0.15, 0.2) is 53.6 Å². The Morgan fingerprint density at radius 1 is 1.08 bits per heavy atom. The van der Waals surface area contributed by atoms with E-state index >= 15 is 0 Å². The predicted octanol–water partition coefficient (Wildman–Crippen LogP) is 0.218. The maximum Gasteiger partial charge on any atom is 0.288 e. The number of aromatic nitrogens is 1. The molecule has 26 heavy (non-hydrogen) atoms. The number of hydrazine groups is 1. The molecule has 0 spiro atoms. The number of nitrogens with zero attached hydrogens (tertiary/aromatic N) is 1. The Balaban J connectivity index is 1.94. The van der Waals surface area contributed by atoms with Gasteiger partial charge in [0.25, 0.3) is 11.8 Å². The summed E-state index contributed by atoms with van der Waals surface area (Å²) in [6.45, 7) is 1.35. The van der Waals surface area contributed by atoms with E-state index in [0.29, 0.717) is 5.75 Å². The van der Waals surface area contributed by atoms with Crippen molar-refractivity contribution in [3.8, 4) is 5.75 Å². The molecule has 0 bridgehead atoms. The molecule has 2 rings (SSSR count). The van der Waals surface area contributed by atoms with E-state index in [4.69, 9.17) is 4.74 Å². The first-order valence-electron chi connectivity index (χ1n) is 7.51. The number of nitrogens with one attached hydrogen (secondary N) is 3. The monoisotopic (exact) mass is 378 g/mol. The number of rotatable bonds is 6. The van der Waals surface area contributed by atoms with E-state index in [1.54, 1.807) is 12.1 Å². The van der Waals surface area contributed by atoms with Crippen molar-refractivity contribution in [2.45, 2.75) is 17.9 Å². The molecule has 0 saturated carbocycles. The van der Waals surface area contributed by atoms with E-state index in [2.05, 4.69) is 20.6 Å². The number of sulfonamides is 1. The molecule has 2 amide bonds. The predicted molar refractivity (Wildman–Crippen MR) is 92.6 cm³/mol. The van der Waals surface area contributed by atoms with E-state index in [1.165, 1.54) is 50.6 Å². The molecule has 9 nitrogen and oxygen atoms in total. The van der Waals surface area contributed by atoms with Gasteiger partial charge in [-0.1, -0.05) is 6.07 Å². The number of ether oxygens (including phenoxy) is 1. The van der Waals surface area contributed by atoms with Crippen LogP contribution in [0.1, 0.15) is 17.4 Å². The fourth-order valence-electron chi connectivity index (χ4n) is 1.90. The second-order valence-corrected chi connectivity index (χ2v) is 6.89. The summed E-state index contributed by atoms with van der Waals surface area (Å²) in [5.74, 6) is -0.845. The summed E-state index contributed by atoms with van der Waals surface area (Å²) in [5, 5.41) is 0. The van der Waals surface area contributed by atoms with E-state index in [0.717, 1.165) is 0 Å². The van der Waals surface area contributed by atoms with Gasteiger partial charge in [-0.05, 0) is 43.3 Å². The summed E-state index contributed by atoms with van der Waals surface area (Å²) >= 11 is 0. The lowest BCUT2D eigenvalue weighted by Gasteiger charge is -2.15. The smallest absolute Gasteiger partial charge is 0.288 e. The quantitative estimate of drug-likeness (QED) is 0.617. The SMILES string of the molecule is COc1ccc(S(=O)(=O)N[C@@H](C)C(=O)NNC(=O)c2ccccn2)cc1. The van der Waals surface area contributed by atoms with Crippen LogP contribution in [-0.4, -0.2) is 38.4 Å². The minimum Gasteiger partial charge on any atom is -0.497 e. The van der Waals surface area contributed by atoms with Crippen molar-refractivity contribution in [1.82, 2.24) is 20.6 Å². The largest absolute Gasteiger partial charge is 0.497 e. The summed E-state index contributed by atoms with van der Waals surface area (Å²) in [5.41, 5.74) is 4.43. The fourth-order valence-corrected chi connectivity index (χ4v) is 3.10. The van der Waals surface area contributed by atoms with Crippen LogP contribution >= 0.6 is 0 Å². The number of benzene rings is 1. The summed E-state index contributed by atoms with van der Waals surface area (Å²) < 4.78 is 31.7. The summed E-state index contributed by atoms with van der Waals surface area (Å²) in [6, 6.07) is 9.31. The average molecular weight is 378 g/mol. The molecule has 1 aromatic heterocycles. The molecule has 138 valence electrons. The Morgan fingerprint density at radius 3 is 2.35 bits per heavy atom. The van der Waals surface area contributed by atoms with Crippen LogP contribution in [-0.2, 0) is 14.8 Å². The van der Waals surface area contributed by atoms with Gasteiger partial charge in [-0.15, -0.1) is 0 Å². The van der Waals surface area contributed by atoms with Gasteiger partial charge in [0.1, 0.15) is 11.4 Å². The number of hydrogen-bond acceptors (Lipinski definition) is 6. The molecule has 1 heterocycles. The fraction of sp³-hybridized carbons (Fsp3) is 0.188. The molecule has 0 saturated heterocycles. The molecule has 2 aromatic rings. The number of hydrogen-bond donors (Lipinski definition) is 3. The molecule has 0 unspecified atom stereocenters. The van der Waals surface area contributed by atoms with Gasteiger partial charge in [-0.2, -0.15) is 4.72 Å². The van der Waals surface area contributed by atoms with Crippen LogP contribution in [0.3, 0.4) is 0 Å². The first-order chi connectivity index (χ1) is 12.3. The highest BCUT2D eigenvalue weighted by atomic mass is 32.2. The highest BCUT2D eigenvalue weighted by Gasteiger charge is 2.22. The van der Waals surface area contributed by atoms with Crippen LogP contribution in [0.4, 0.5) is 0 Å². The molecular weight excluding hydrogens is 360 g/mol. The average Bonchev–Trinajstić information content (AvgIpc) is 2.66. The number of carbonyl (C=O) groups is 2. The van der Waals surface area contributed by atoms with Crippen LogP contribution in [0.25, 0.3) is 0 Å². The first kappa shape index (κ1) is 19.3. The topological polar surface area (TPSA) is 126 Å². The Morgan fingerprint density at radius 2 is 1.77 bits per heavy atom. The molecule has 0 aliphatic rings. The second kappa shape index (κ2) is 8.41. The molecule has 0 fully saturated rings. The number of pyridine rings is 1. The van der Waals surface area contributed by atoms with Crippen molar-refractivity contribution in [2.75, 3.05) is 7.11 Å². The van der Waals surface area contributed by atoms with Crippen molar-refractivity contribution >= 4 is 21.8 Å². The summed E-state index contributed by atoms with van der Waals surface area (Å²) in [6.07, 6.45) is 1.43. The zero-order valence-corrected chi connectivity index (χ0v) is 14.9. The zero-order valence-electron chi connectivity index (χ0n) is 14.1. The Labute approximate surface area is 150 Å². The zero-order chi connectivity index (χ0) is 19.2. The minimum absolute atomic E-state index is 0.0181. The lowest BCUT2D eigenvalue weighted by Crippen LogP contribution is -2.51. The van der Waals surface area contributed by atoms with E-state index < -0.39 is 27.9 Å². The van der Waals surface area contributed by atoms with Crippen LogP contribution in [0, 0.1) is 0 Å². The molecule has 0 aliphatic heterocycles. The second-order valence-electron chi connectivity index (χ2n) is 5.18. The Kier molecular flexibility index (Phi) is 6.26. The van der Waals surface area contributed by atoms with Gasteiger partial charge in [0.2, 0.25) is 10.0 Å².